The molecule has 10 heteroatoms. The molecule has 4 aromatic rings. The molecule has 0 saturated heterocycles. The molecule has 1 aliphatic rings. The molecule has 2 aromatic heterocycles. The third-order valence-corrected chi connectivity index (χ3v) is 5.25. The Balaban J connectivity index is 1.57. The molecule has 0 spiro atoms. The van der Waals surface area contributed by atoms with Crippen molar-refractivity contribution < 1.29 is 27.4 Å². The number of alkyl halides is 3. The standard InChI is InChI=1S/C23H17F3N4O3/c1-12-3-5-15(13(2)7-12)28-22(31)17-10-21-27-16(9-20(23(24,25)26)30(21)29-17)14-4-6-18-19(8-14)33-11-32-18/h3-10H,11H2,1-2H3,(H,28,31). The van der Waals surface area contributed by atoms with Crippen LogP contribution in [0.25, 0.3) is 16.9 Å². The zero-order valence-electron chi connectivity index (χ0n) is 17.5. The topological polar surface area (TPSA) is 77.8 Å². The van der Waals surface area contributed by atoms with Crippen molar-refractivity contribution in [3.8, 4) is 22.8 Å². The number of amides is 1. The Hall–Kier alpha value is -4.08. The summed E-state index contributed by atoms with van der Waals surface area (Å²) in [6.45, 7) is 3.79. The Morgan fingerprint density at radius 1 is 1.03 bits per heavy atom. The zero-order valence-corrected chi connectivity index (χ0v) is 17.5. The van der Waals surface area contributed by atoms with Crippen molar-refractivity contribution >= 4 is 17.2 Å². The SMILES string of the molecule is Cc1ccc(NC(=O)c2cc3nc(-c4ccc5c(c4)OCO5)cc(C(F)(F)F)n3n2)c(C)c1. The summed E-state index contributed by atoms with van der Waals surface area (Å²) >= 11 is 0. The summed E-state index contributed by atoms with van der Waals surface area (Å²) in [6, 6.07) is 12.3. The first kappa shape index (κ1) is 20.8. The van der Waals surface area contributed by atoms with Crippen molar-refractivity contribution in [2.45, 2.75) is 20.0 Å². The molecular weight excluding hydrogens is 437 g/mol. The van der Waals surface area contributed by atoms with E-state index in [1.807, 2.05) is 26.0 Å². The lowest BCUT2D eigenvalue weighted by Gasteiger charge is -2.11. The molecule has 0 unspecified atom stereocenters. The maximum absolute atomic E-state index is 13.8. The van der Waals surface area contributed by atoms with Crippen molar-refractivity contribution in [1.82, 2.24) is 14.6 Å². The summed E-state index contributed by atoms with van der Waals surface area (Å²) in [5.41, 5.74) is 1.53. The Morgan fingerprint density at radius 2 is 1.82 bits per heavy atom. The monoisotopic (exact) mass is 454 g/mol. The van der Waals surface area contributed by atoms with Crippen LogP contribution >= 0.6 is 0 Å². The zero-order chi connectivity index (χ0) is 23.3. The number of aromatic nitrogens is 3. The number of nitrogens with zero attached hydrogens (tertiary/aromatic N) is 3. The molecule has 0 radical (unpaired) electrons. The van der Waals surface area contributed by atoms with Gasteiger partial charge < -0.3 is 14.8 Å². The van der Waals surface area contributed by atoms with Crippen LogP contribution in [0.2, 0.25) is 0 Å². The minimum Gasteiger partial charge on any atom is -0.454 e. The highest BCUT2D eigenvalue weighted by Gasteiger charge is 2.36. The summed E-state index contributed by atoms with van der Waals surface area (Å²) in [5.74, 6) is 0.292. The predicted molar refractivity (Wildman–Crippen MR) is 113 cm³/mol. The van der Waals surface area contributed by atoms with E-state index >= 15 is 0 Å². The number of carbonyl (C=O) groups is 1. The minimum absolute atomic E-state index is 0.0423. The van der Waals surface area contributed by atoms with E-state index in [9.17, 15) is 18.0 Å². The summed E-state index contributed by atoms with van der Waals surface area (Å²) in [5, 5.41) is 6.59. The number of hydrogen-bond acceptors (Lipinski definition) is 5. The number of ether oxygens (including phenoxy) is 2. The second-order valence-corrected chi connectivity index (χ2v) is 7.66. The number of halogens is 3. The Bertz CT molecular complexity index is 1410. The van der Waals surface area contributed by atoms with Gasteiger partial charge in [0, 0.05) is 17.3 Å². The van der Waals surface area contributed by atoms with Crippen LogP contribution in [0.15, 0.2) is 48.5 Å². The number of hydrogen-bond donors (Lipinski definition) is 1. The molecule has 33 heavy (non-hydrogen) atoms. The van der Waals surface area contributed by atoms with Crippen molar-refractivity contribution in [1.29, 1.82) is 0 Å². The highest BCUT2D eigenvalue weighted by Crippen LogP contribution is 2.37. The number of aryl methyl sites for hydroxylation is 2. The van der Waals surface area contributed by atoms with Gasteiger partial charge in [0.05, 0.1) is 5.69 Å². The normalized spacial score (nSPS) is 12.9. The molecule has 0 atom stereocenters. The highest BCUT2D eigenvalue weighted by molar-refractivity contribution is 6.04. The van der Waals surface area contributed by atoms with Gasteiger partial charge in [-0.25, -0.2) is 9.50 Å². The van der Waals surface area contributed by atoms with E-state index in [1.165, 1.54) is 6.07 Å². The van der Waals surface area contributed by atoms with Crippen molar-refractivity contribution in [2.24, 2.45) is 0 Å². The van der Waals surface area contributed by atoms with Crippen LogP contribution in [0.5, 0.6) is 11.5 Å². The fraction of sp³-hybridized carbons (Fsp3) is 0.174. The Labute approximate surface area is 185 Å². The average Bonchev–Trinajstić information content (AvgIpc) is 3.40. The van der Waals surface area contributed by atoms with Gasteiger partial charge in [0.25, 0.3) is 5.91 Å². The molecular formula is C23H17F3N4O3. The van der Waals surface area contributed by atoms with Crippen LogP contribution < -0.4 is 14.8 Å². The van der Waals surface area contributed by atoms with Crippen molar-refractivity contribution in [2.75, 3.05) is 12.1 Å². The summed E-state index contributed by atoms with van der Waals surface area (Å²) in [7, 11) is 0. The third kappa shape index (κ3) is 3.84. The van der Waals surface area contributed by atoms with E-state index in [0.29, 0.717) is 27.3 Å². The fourth-order valence-corrected chi connectivity index (χ4v) is 3.63. The van der Waals surface area contributed by atoms with Gasteiger partial charge in [-0.3, -0.25) is 4.79 Å². The molecule has 1 N–H and O–H groups in total. The largest absolute Gasteiger partial charge is 0.454 e. The lowest BCUT2D eigenvalue weighted by atomic mass is 10.1. The van der Waals surface area contributed by atoms with Crippen LogP contribution in [0.4, 0.5) is 18.9 Å². The van der Waals surface area contributed by atoms with E-state index in [2.05, 4.69) is 15.4 Å². The second kappa shape index (κ2) is 7.51. The van der Waals surface area contributed by atoms with Gasteiger partial charge in [-0.1, -0.05) is 17.7 Å². The number of nitrogens with one attached hydrogen (secondary N) is 1. The van der Waals surface area contributed by atoms with E-state index in [-0.39, 0.29) is 23.8 Å². The van der Waals surface area contributed by atoms with Crippen LogP contribution in [-0.2, 0) is 6.18 Å². The molecule has 5 rings (SSSR count). The van der Waals surface area contributed by atoms with Crippen LogP contribution in [0.1, 0.15) is 27.3 Å². The molecule has 1 aliphatic heterocycles. The van der Waals surface area contributed by atoms with E-state index in [0.717, 1.165) is 17.2 Å². The third-order valence-electron chi connectivity index (χ3n) is 5.25. The smallest absolute Gasteiger partial charge is 0.433 e. The number of rotatable bonds is 3. The summed E-state index contributed by atoms with van der Waals surface area (Å²) < 4.78 is 52.7. The number of carbonyl (C=O) groups excluding carboxylic acids is 1. The first-order chi connectivity index (χ1) is 15.7. The van der Waals surface area contributed by atoms with Gasteiger partial charge in [-0.05, 0) is 49.7 Å². The fourth-order valence-electron chi connectivity index (χ4n) is 3.63. The van der Waals surface area contributed by atoms with E-state index < -0.39 is 17.8 Å². The maximum Gasteiger partial charge on any atom is 0.433 e. The maximum atomic E-state index is 13.8. The van der Waals surface area contributed by atoms with Crippen LogP contribution in [-0.4, -0.2) is 27.3 Å². The van der Waals surface area contributed by atoms with Gasteiger partial charge in [-0.15, -0.1) is 0 Å². The molecule has 0 aliphatic carbocycles. The van der Waals surface area contributed by atoms with Crippen LogP contribution in [0.3, 0.4) is 0 Å². The number of anilines is 1. The lowest BCUT2D eigenvalue weighted by molar-refractivity contribution is -0.142. The Morgan fingerprint density at radius 3 is 2.58 bits per heavy atom. The molecule has 0 saturated carbocycles. The van der Waals surface area contributed by atoms with E-state index in [1.54, 1.807) is 24.3 Å². The summed E-state index contributed by atoms with van der Waals surface area (Å²) in [4.78, 5) is 17.0. The highest BCUT2D eigenvalue weighted by atomic mass is 19.4. The first-order valence-electron chi connectivity index (χ1n) is 9.96. The lowest BCUT2D eigenvalue weighted by Crippen LogP contribution is -2.16. The number of benzene rings is 2. The predicted octanol–water partition coefficient (Wildman–Crippen LogP) is 5.01. The first-order valence-corrected chi connectivity index (χ1v) is 9.96. The quantitative estimate of drug-likeness (QED) is 0.471. The van der Waals surface area contributed by atoms with Gasteiger partial charge >= 0.3 is 6.18 Å². The molecule has 2 aromatic carbocycles. The van der Waals surface area contributed by atoms with Gasteiger partial charge in [0.1, 0.15) is 0 Å². The number of fused-ring (bicyclic) bond motifs is 2. The van der Waals surface area contributed by atoms with E-state index in [4.69, 9.17) is 9.47 Å². The van der Waals surface area contributed by atoms with Crippen molar-refractivity contribution in [3.63, 3.8) is 0 Å². The molecule has 0 fully saturated rings. The van der Waals surface area contributed by atoms with Crippen LogP contribution in [0, 0.1) is 13.8 Å². The molecule has 7 nitrogen and oxygen atoms in total. The second-order valence-electron chi connectivity index (χ2n) is 7.66. The molecule has 168 valence electrons. The van der Waals surface area contributed by atoms with Gasteiger partial charge in [0.15, 0.2) is 28.5 Å². The molecule has 3 heterocycles. The van der Waals surface area contributed by atoms with Crippen molar-refractivity contribution in [3.05, 3.63) is 71.0 Å². The molecule has 0 bridgehead atoms. The molecule has 1 amide bonds. The van der Waals surface area contributed by atoms with Gasteiger partial charge in [0.2, 0.25) is 6.79 Å². The average molecular weight is 454 g/mol. The summed E-state index contributed by atoms with van der Waals surface area (Å²) in [6.07, 6.45) is -4.72. The minimum atomic E-state index is -4.72. The van der Waals surface area contributed by atoms with Gasteiger partial charge in [-0.2, -0.15) is 18.3 Å². The Kier molecular flexibility index (Phi) is 4.73.